The van der Waals surface area contributed by atoms with Crippen LogP contribution in [0.1, 0.15) is 12.5 Å². The van der Waals surface area contributed by atoms with E-state index >= 15 is 0 Å². The quantitative estimate of drug-likeness (QED) is 0.807. The number of hydrogen-bond acceptors (Lipinski definition) is 2. The molecule has 0 saturated heterocycles. The molecule has 1 aromatic carbocycles. The smallest absolute Gasteiger partial charge is 0.176 e. The van der Waals surface area contributed by atoms with Gasteiger partial charge in [0.15, 0.2) is 11.6 Å². The lowest BCUT2D eigenvalue weighted by Crippen LogP contribution is -2.18. The fourth-order valence-electron chi connectivity index (χ4n) is 1.14. The van der Waals surface area contributed by atoms with E-state index in [1.165, 1.54) is 0 Å². The minimum atomic E-state index is -1.09. The summed E-state index contributed by atoms with van der Waals surface area (Å²) in [6, 6.07) is 0.733. The number of halogens is 3. The predicted molar refractivity (Wildman–Crippen MR) is 53.1 cm³/mol. The molecule has 0 fully saturated rings. The lowest BCUT2D eigenvalue weighted by atomic mass is 10.1. The molecular weight excluding hydrogens is 256 g/mol. The predicted octanol–water partition coefficient (Wildman–Crippen LogP) is 2.32. The number of phenolic OH excluding ortho intramolecular Hbond substituents is 1. The second kappa shape index (κ2) is 4.23. The second-order valence-electron chi connectivity index (χ2n) is 3.18. The Morgan fingerprint density at radius 2 is 2.14 bits per heavy atom. The molecule has 0 aliphatic heterocycles. The first kappa shape index (κ1) is 11.4. The van der Waals surface area contributed by atoms with Crippen LogP contribution < -0.4 is 5.73 Å². The number of aromatic hydroxyl groups is 1. The first-order chi connectivity index (χ1) is 6.43. The van der Waals surface area contributed by atoms with Crippen LogP contribution in [-0.2, 0) is 6.42 Å². The average molecular weight is 266 g/mol. The highest BCUT2D eigenvalue weighted by Crippen LogP contribution is 2.32. The summed E-state index contributed by atoms with van der Waals surface area (Å²) in [5.74, 6) is -2.37. The Morgan fingerprint density at radius 3 is 2.64 bits per heavy atom. The van der Waals surface area contributed by atoms with Crippen molar-refractivity contribution in [2.75, 3.05) is 0 Å². The Balaban J connectivity index is 3.19. The minimum absolute atomic E-state index is 0.224. The largest absolute Gasteiger partial charge is 0.506 e. The summed E-state index contributed by atoms with van der Waals surface area (Å²) < 4.78 is 25.6. The zero-order chi connectivity index (χ0) is 10.9. The third-order valence-corrected chi connectivity index (χ3v) is 2.48. The van der Waals surface area contributed by atoms with Crippen molar-refractivity contribution in [3.63, 3.8) is 0 Å². The van der Waals surface area contributed by atoms with Crippen LogP contribution in [0.15, 0.2) is 10.5 Å². The van der Waals surface area contributed by atoms with Crippen LogP contribution in [0.25, 0.3) is 0 Å². The molecule has 0 aliphatic carbocycles. The third-order valence-electron chi connectivity index (χ3n) is 1.76. The van der Waals surface area contributed by atoms with E-state index in [-0.39, 0.29) is 16.3 Å². The van der Waals surface area contributed by atoms with E-state index in [4.69, 9.17) is 5.73 Å². The van der Waals surface area contributed by atoms with Crippen LogP contribution in [-0.4, -0.2) is 11.1 Å². The fourth-order valence-corrected chi connectivity index (χ4v) is 1.58. The monoisotopic (exact) mass is 265 g/mol. The van der Waals surface area contributed by atoms with Crippen LogP contribution in [0.5, 0.6) is 5.75 Å². The van der Waals surface area contributed by atoms with Crippen molar-refractivity contribution >= 4 is 15.9 Å². The highest BCUT2D eigenvalue weighted by molar-refractivity contribution is 9.10. The van der Waals surface area contributed by atoms with Crippen molar-refractivity contribution in [1.29, 1.82) is 0 Å². The fraction of sp³-hybridized carbons (Fsp3) is 0.333. The molecule has 0 aliphatic rings. The molecule has 0 aromatic heterocycles. The van der Waals surface area contributed by atoms with Gasteiger partial charge in [0, 0.05) is 6.04 Å². The maximum absolute atomic E-state index is 12.9. The van der Waals surface area contributed by atoms with Gasteiger partial charge in [0.1, 0.15) is 5.75 Å². The van der Waals surface area contributed by atoms with E-state index < -0.39 is 11.6 Å². The molecule has 0 spiro atoms. The van der Waals surface area contributed by atoms with Gasteiger partial charge < -0.3 is 10.8 Å². The summed E-state index contributed by atoms with van der Waals surface area (Å²) in [5, 5.41) is 9.44. The molecule has 78 valence electrons. The molecular formula is C9H10BrF2NO. The summed E-state index contributed by atoms with van der Waals surface area (Å²) in [6.07, 6.45) is 0.293. The van der Waals surface area contributed by atoms with Gasteiger partial charge in [0.2, 0.25) is 0 Å². The molecule has 2 nitrogen and oxygen atoms in total. The Hall–Kier alpha value is -0.680. The van der Waals surface area contributed by atoms with Gasteiger partial charge >= 0.3 is 0 Å². The first-order valence-electron chi connectivity index (χ1n) is 4.04. The molecule has 0 radical (unpaired) electrons. The van der Waals surface area contributed by atoms with Gasteiger partial charge in [-0.05, 0) is 40.9 Å². The summed E-state index contributed by atoms with van der Waals surface area (Å²) in [6.45, 7) is 1.72. The zero-order valence-electron chi connectivity index (χ0n) is 7.52. The molecule has 1 aromatic rings. The molecule has 0 saturated carbocycles. The molecule has 3 N–H and O–H groups in total. The van der Waals surface area contributed by atoms with Gasteiger partial charge in [-0.1, -0.05) is 0 Å². The van der Waals surface area contributed by atoms with Gasteiger partial charge in [0.05, 0.1) is 4.47 Å². The summed E-state index contributed by atoms with van der Waals surface area (Å²) in [4.78, 5) is 0. The first-order valence-corrected chi connectivity index (χ1v) is 4.83. The van der Waals surface area contributed by atoms with Crippen LogP contribution in [0.3, 0.4) is 0 Å². The van der Waals surface area contributed by atoms with Crippen LogP contribution >= 0.6 is 15.9 Å². The number of hydrogen-bond donors (Lipinski definition) is 2. The highest BCUT2D eigenvalue weighted by Gasteiger charge is 2.16. The van der Waals surface area contributed by atoms with Crippen molar-refractivity contribution < 1.29 is 13.9 Å². The van der Waals surface area contributed by atoms with Crippen molar-refractivity contribution in [3.8, 4) is 5.75 Å². The van der Waals surface area contributed by atoms with E-state index in [0.29, 0.717) is 12.0 Å². The topological polar surface area (TPSA) is 46.2 Å². The lowest BCUT2D eigenvalue weighted by Gasteiger charge is -2.09. The Morgan fingerprint density at radius 1 is 1.57 bits per heavy atom. The van der Waals surface area contributed by atoms with E-state index in [2.05, 4.69) is 15.9 Å². The summed E-state index contributed by atoms with van der Waals surface area (Å²) >= 11 is 2.76. The number of nitrogens with two attached hydrogens (primary N) is 1. The molecule has 0 amide bonds. The van der Waals surface area contributed by atoms with E-state index in [1.54, 1.807) is 6.92 Å². The molecule has 5 heteroatoms. The Labute approximate surface area is 88.9 Å². The second-order valence-corrected chi connectivity index (χ2v) is 3.97. The van der Waals surface area contributed by atoms with Gasteiger partial charge in [0.25, 0.3) is 0 Å². The van der Waals surface area contributed by atoms with Gasteiger partial charge in [-0.2, -0.15) is 0 Å². The number of phenols is 1. The maximum Gasteiger partial charge on any atom is 0.176 e. The normalized spacial score (nSPS) is 12.9. The Bertz CT molecular complexity index is 355. The summed E-state index contributed by atoms with van der Waals surface area (Å²) in [5.41, 5.74) is 5.79. The van der Waals surface area contributed by atoms with E-state index in [9.17, 15) is 13.9 Å². The van der Waals surface area contributed by atoms with E-state index in [1.807, 2.05) is 0 Å². The lowest BCUT2D eigenvalue weighted by molar-refractivity contribution is 0.439. The third kappa shape index (κ3) is 2.22. The average Bonchev–Trinajstić information content (AvgIpc) is 2.10. The Kier molecular flexibility index (Phi) is 3.44. The van der Waals surface area contributed by atoms with Crippen LogP contribution in [0, 0.1) is 11.6 Å². The standard InChI is InChI=1S/C9H10BrF2NO/c1-4(13)2-5-3-6(11)8(12)7(10)9(5)14/h3-4,14H,2,13H2,1H3. The van der Waals surface area contributed by atoms with Gasteiger partial charge in [-0.15, -0.1) is 0 Å². The SMILES string of the molecule is CC(N)Cc1cc(F)c(F)c(Br)c1O. The van der Waals surface area contributed by atoms with Crippen molar-refractivity contribution in [1.82, 2.24) is 0 Å². The van der Waals surface area contributed by atoms with Crippen molar-refractivity contribution in [2.45, 2.75) is 19.4 Å². The molecule has 1 atom stereocenters. The molecule has 14 heavy (non-hydrogen) atoms. The van der Waals surface area contributed by atoms with Crippen LogP contribution in [0.4, 0.5) is 8.78 Å². The van der Waals surface area contributed by atoms with Crippen molar-refractivity contribution in [2.24, 2.45) is 5.73 Å². The van der Waals surface area contributed by atoms with Gasteiger partial charge in [-0.25, -0.2) is 8.78 Å². The number of rotatable bonds is 2. The van der Waals surface area contributed by atoms with Gasteiger partial charge in [-0.3, -0.25) is 0 Å². The van der Waals surface area contributed by atoms with Crippen LogP contribution in [0.2, 0.25) is 0 Å². The van der Waals surface area contributed by atoms with E-state index in [0.717, 1.165) is 6.07 Å². The molecule has 1 rings (SSSR count). The maximum atomic E-state index is 12.9. The minimum Gasteiger partial charge on any atom is -0.506 e. The zero-order valence-corrected chi connectivity index (χ0v) is 9.11. The molecule has 0 heterocycles. The molecule has 0 bridgehead atoms. The van der Waals surface area contributed by atoms with Crippen molar-refractivity contribution in [3.05, 3.63) is 27.7 Å². The number of benzene rings is 1. The summed E-state index contributed by atoms with van der Waals surface area (Å²) in [7, 11) is 0. The molecule has 1 unspecified atom stereocenters. The highest BCUT2D eigenvalue weighted by atomic mass is 79.9.